The first-order valence-electron chi connectivity index (χ1n) is 7.26. The average molecular weight is 384 g/mol. The maximum absolute atomic E-state index is 12.3. The van der Waals surface area contributed by atoms with E-state index in [1.165, 1.54) is 31.4 Å². The molecule has 0 spiro atoms. The molecule has 5 nitrogen and oxygen atoms in total. The van der Waals surface area contributed by atoms with E-state index in [0.717, 1.165) is 18.0 Å². The summed E-state index contributed by atoms with van der Waals surface area (Å²) < 4.78 is 45.6. The second kappa shape index (κ2) is 8.61. The Balaban J connectivity index is 2.22. The second-order valence-corrected chi connectivity index (χ2v) is 6.15. The lowest BCUT2D eigenvalue weighted by Gasteiger charge is -2.15. The lowest BCUT2D eigenvalue weighted by Crippen LogP contribution is -2.17. The number of hydrogen-bond acceptors (Lipinski definition) is 6. The molecule has 2 rings (SSSR count). The maximum atomic E-state index is 12.3. The Hall–Kier alpha value is -2.68. The molecule has 0 amide bonds. The molecule has 0 saturated heterocycles. The van der Waals surface area contributed by atoms with Crippen LogP contribution in [0.3, 0.4) is 0 Å². The topological polar surface area (TPSA) is 73.9 Å². The summed E-state index contributed by atoms with van der Waals surface area (Å²) in [6.07, 6.45) is -3.75. The average Bonchev–Trinajstić information content (AvgIpc) is 2.60. The fourth-order valence-corrected chi connectivity index (χ4v) is 3.10. The van der Waals surface area contributed by atoms with E-state index in [2.05, 4.69) is 9.84 Å². The first-order chi connectivity index (χ1) is 12.3. The minimum Gasteiger partial charge on any atom is -0.497 e. The van der Waals surface area contributed by atoms with Crippen molar-refractivity contribution in [3.05, 3.63) is 54.1 Å². The van der Waals surface area contributed by atoms with Crippen LogP contribution in [0.15, 0.2) is 58.5 Å². The van der Waals surface area contributed by atoms with E-state index in [0.29, 0.717) is 16.2 Å². The van der Waals surface area contributed by atoms with Crippen LogP contribution in [0.25, 0.3) is 0 Å². The van der Waals surface area contributed by atoms with Crippen molar-refractivity contribution in [3.63, 3.8) is 0 Å². The number of ketones is 1. The zero-order chi connectivity index (χ0) is 19.2. The van der Waals surface area contributed by atoms with Crippen LogP contribution < -0.4 is 15.3 Å². The summed E-state index contributed by atoms with van der Waals surface area (Å²) in [4.78, 5) is 12.9. The molecule has 0 saturated carbocycles. The molecule has 138 valence electrons. The molecule has 26 heavy (non-hydrogen) atoms. The third-order valence-corrected chi connectivity index (χ3v) is 4.47. The largest absolute Gasteiger partial charge is 0.573 e. The first kappa shape index (κ1) is 19.6. The van der Waals surface area contributed by atoms with Gasteiger partial charge < -0.3 is 15.3 Å². The lowest BCUT2D eigenvalue weighted by atomic mass is 10.1. The number of hydrazone groups is 1. The molecule has 1 unspecified atom stereocenters. The Bertz CT molecular complexity index is 762. The van der Waals surface area contributed by atoms with Gasteiger partial charge in [-0.2, -0.15) is 5.10 Å². The van der Waals surface area contributed by atoms with Gasteiger partial charge in [-0.15, -0.1) is 24.9 Å². The van der Waals surface area contributed by atoms with Crippen LogP contribution >= 0.6 is 11.8 Å². The highest BCUT2D eigenvalue weighted by molar-refractivity contribution is 8.00. The van der Waals surface area contributed by atoms with Gasteiger partial charge in [0, 0.05) is 4.90 Å². The minimum atomic E-state index is -4.76. The van der Waals surface area contributed by atoms with Gasteiger partial charge in [-0.1, -0.05) is 12.1 Å². The molecule has 0 aliphatic rings. The normalized spacial score (nSPS) is 12.8. The monoisotopic (exact) mass is 384 g/mol. The van der Waals surface area contributed by atoms with E-state index in [1.807, 2.05) is 0 Å². The fraction of sp³-hybridized carbons (Fsp3) is 0.176. The van der Waals surface area contributed by atoms with Crippen molar-refractivity contribution in [2.45, 2.75) is 16.5 Å². The third-order valence-electron chi connectivity index (χ3n) is 3.19. The standard InChI is InChI=1S/C17H15F3N2O3S/c1-24-12-4-2-11(3-5-12)16(15(23)10-22-21)26-14-8-6-13(7-9-14)25-17(18,19)20/h2-10,16H,21H2,1H3. The van der Waals surface area contributed by atoms with Crippen LogP contribution in [-0.4, -0.2) is 25.5 Å². The highest BCUT2D eigenvalue weighted by Crippen LogP contribution is 2.37. The molecule has 0 fully saturated rings. The molecule has 2 aromatic carbocycles. The van der Waals surface area contributed by atoms with E-state index < -0.39 is 11.6 Å². The van der Waals surface area contributed by atoms with E-state index in [9.17, 15) is 18.0 Å². The number of nitrogens with two attached hydrogens (primary N) is 1. The van der Waals surface area contributed by atoms with Gasteiger partial charge >= 0.3 is 6.36 Å². The van der Waals surface area contributed by atoms with E-state index in [4.69, 9.17) is 10.6 Å². The van der Waals surface area contributed by atoms with Crippen LogP contribution in [0.4, 0.5) is 13.2 Å². The number of methoxy groups -OCH3 is 1. The van der Waals surface area contributed by atoms with Gasteiger partial charge in [0.1, 0.15) is 11.5 Å². The van der Waals surface area contributed by atoms with Gasteiger partial charge in [0.05, 0.1) is 18.6 Å². The zero-order valence-corrected chi connectivity index (χ0v) is 14.4. The number of ether oxygens (including phenoxy) is 2. The molecule has 0 radical (unpaired) electrons. The molecule has 0 aliphatic carbocycles. The Morgan fingerprint density at radius 3 is 2.19 bits per heavy atom. The Kier molecular flexibility index (Phi) is 6.51. The van der Waals surface area contributed by atoms with Crippen molar-refractivity contribution < 1.29 is 27.4 Å². The quantitative estimate of drug-likeness (QED) is 0.339. The van der Waals surface area contributed by atoms with Crippen molar-refractivity contribution >= 4 is 23.8 Å². The summed E-state index contributed by atoms with van der Waals surface area (Å²) in [5.74, 6) is 5.01. The Labute approximate surface area is 152 Å². The van der Waals surface area contributed by atoms with Gasteiger partial charge in [-0.3, -0.25) is 4.79 Å². The second-order valence-electron chi connectivity index (χ2n) is 4.97. The number of nitrogens with zero attached hydrogens (tertiary/aromatic N) is 1. The lowest BCUT2D eigenvalue weighted by molar-refractivity contribution is -0.274. The van der Waals surface area contributed by atoms with Crippen LogP contribution in [0.1, 0.15) is 10.8 Å². The van der Waals surface area contributed by atoms with Gasteiger partial charge in [0.15, 0.2) is 5.78 Å². The van der Waals surface area contributed by atoms with Gasteiger partial charge in [0.25, 0.3) is 0 Å². The van der Waals surface area contributed by atoms with Gasteiger partial charge in [-0.25, -0.2) is 0 Å². The summed E-state index contributed by atoms with van der Waals surface area (Å²) in [6, 6.07) is 12.1. The van der Waals surface area contributed by atoms with E-state index in [-0.39, 0.29) is 11.5 Å². The molecule has 2 N–H and O–H groups in total. The number of Topliss-reactive ketones (excluding diaryl/α,β-unsaturated/α-hetero) is 1. The zero-order valence-electron chi connectivity index (χ0n) is 13.6. The summed E-state index contributed by atoms with van der Waals surface area (Å²) in [6.45, 7) is 0. The maximum Gasteiger partial charge on any atom is 0.573 e. The van der Waals surface area contributed by atoms with Crippen molar-refractivity contribution in [3.8, 4) is 11.5 Å². The molecule has 0 aromatic heterocycles. The number of halogens is 3. The van der Waals surface area contributed by atoms with Crippen LogP contribution in [0, 0.1) is 0 Å². The highest BCUT2D eigenvalue weighted by atomic mass is 32.2. The number of thioether (sulfide) groups is 1. The predicted octanol–water partition coefficient (Wildman–Crippen LogP) is 3.94. The number of rotatable bonds is 7. The summed E-state index contributed by atoms with van der Waals surface area (Å²) >= 11 is 1.16. The molecule has 9 heteroatoms. The van der Waals surface area contributed by atoms with E-state index >= 15 is 0 Å². The molecule has 0 aliphatic heterocycles. The number of carbonyl (C=O) groups is 1. The van der Waals surface area contributed by atoms with Crippen molar-refractivity contribution in [1.29, 1.82) is 0 Å². The van der Waals surface area contributed by atoms with Gasteiger partial charge in [0.2, 0.25) is 0 Å². The summed E-state index contributed by atoms with van der Waals surface area (Å²) in [5, 5.41) is 2.59. The van der Waals surface area contributed by atoms with Crippen molar-refractivity contribution in [1.82, 2.24) is 0 Å². The predicted molar refractivity (Wildman–Crippen MR) is 92.4 cm³/mol. The number of carbonyl (C=O) groups excluding carboxylic acids is 1. The van der Waals surface area contributed by atoms with E-state index in [1.54, 1.807) is 24.3 Å². The molecule has 0 bridgehead atoms. The minimum absolute atomic E-state index is 0.335. The van der Waals surface area contributed by atoms with Crippen LogP contribution in [0.5, 0.6) is 11.5 Å². The number of benzene rings is 2. The summed E-state index contributed by atoms with van der Waals surface area (Å²) in [5.41, 5.74) is 0.677. The van der Waals surface area contributed by atoms with Crippen molar-refractivity contribution in [2.24, 2.45) is 10.9 Å². The molecular formula is C17H15F3N2O3S. The summed E-state index contributed by atoms with van der Waals surface area (Å²) in [7, 11) is 1.53. The molecule has 0 heterocycles. The Morgan fingerprint density at radius 2 is 1.69 bits per heavy atom. The van der Waals surface area contributed by atoms with Crippen molar-refractivity contribution in [2.75, 3.05) is 7.11 Å². The fourth-order valence-electron chi connectivity index (χ4n) is 2.07. The smallest absolute Gasteiger partial charge is 0.497 e. The molecule has 2 aromatic rings. The number of hydrogen-bond donors (Lipinski definition) is 1. The Morgan fingerprint density at radius 1 is 1.12 bits per heavy atom. The van der Waals surface area contributed by atoms with Crippen LogP contribution in [-0.2, 0) is 4.79 Å². The highest BCUT2D eigenvalue weighted by Gasteiger charge is 2.31. The SMILES string of the molecule is COc1ccc(C(Sc2ccc(OC(F)(F)F)cc2)C(=O)C=NN)cc1. The third kappa shape index (κ3) is 5.69. The van der Waals surface area contributed by atoms with Crippen LogP contribution in [0.2, 0.25) is 0 Å². The number of alkyl halides is 3. The first-order valence-corrected chi connectivity index (χ1v) is 8.14. The molecule has 1 atom stereocenters. The van der Waals surface area contributed by atoms with Gasteiger partial charge in [-0.05, 0) is 42.0 Å². The molecular weight excluding hydrogens is 369 g/mol.